The highest BCUT2D eigenvalue weighted by molar-refractivity contribution is 6.30. The van der Waals surface area contributed by atoms with Crippen molar-refractivity contribution in [3.05, 3.63) is 107 Å². The molecule has 39 heavy (non-hydrogen) atoms. The van der Waals surface area contributed by atoms with E-state index in [9.17, 15) is 9.18 Å². The zero-order valence-corrected chi connectivity index (χ0v) is 23.1. The van der Waals surface area contributed by atoms with Crippen LogP contribution in [0.25, 0.3) is 22.0 Å². The van der Waals surface area contributed by atoms with Crippen molar-refractivity contribution in [2.24, 2.45) is 0 Å². The summed E-state index contributed by atoms with van der Waals surface area (Å²) in [6.45, 7) is 3.76. The van der Waals surface area contributed by atoms with Crippen molar-refractivity contribution in [1.29, 1.82) is 0 Å². The highest BCUT2D eigenvalue weighted by Gasteiger charge is 2.15. The van der Waals surface area contributed by atoms with E-state index in [0.29, 0.717) is 31.1 Å². The van der Waals surface area contributed by atoms with Gasteiger partial charge in [0.15, 0.2) is 0 Å². The highest BCUT2D eigenvalue weighted by atomic mass is 35.5. The molecular weight excluding hydrogens is 515 g/mol. The Hall–Kier alpha value is -3.94. The third-order valence-corrected chi connectivity index (χ3v) is 6.47. The van der Waals surface area contributed by atoms with Gasteiger partial charge in [-0.25, -0.2) is 4.39 Å². The Balaban J connectivity index is 1.55. The first-order chi connectivity index (χ1) is 18.9. The molecule has 8 heteroatoms. The minimum absolute atomic E-state index is 0.0435. The number of hydrogen-bond donors (Lipinski definition) is 2. The SMILES string of the molecule is CC/C(=C(/c1ccc(OCCNC/C=C/C(=O)N(C)C)cc1)c1ccc2[nH]ncc2c1)c1cc(F)cc(Cl)c1. The Morgan fingerprint density at radius 2 is 1.85 bits per heavy atom. The number of H-pyrrole nitrogens is 1. The molecule has 0 aliphatic heterocycles. The summed E-state index contributed by atoms with van der Waals surface area (Å²) < 4.78 is 20.2. The number of aromatic nitrogens is 2. The van der Waals surface area contributed by atoms with Gasteiger partial charge in [0.05, 0.1) is 11.7 Å². The van der Waals surface area contributed by atoms with E-state index in [2.05, 4.69) is 28.5 Å². The molecule has 0 saturated heterocycles. The molecule has 0 saturated carbocycles. The monoisotopic (exact) mass is 546 g/mol. The number of carbonyl (C=O) groups excluding carboxylic acids is 1. The van der Waals surface area contributed by atoms with Gasteiger partial charge < -0.3 is 15.0 Å². The van der Waals surface area contributed by atoms with Gasteiger partial charge in [-0.15, -0.1) is 0 Å². The minimum atomic E-state index is -0.370. The van der Waals surface area contributed by atoms with Crippen LogP contribution < -0.4 is 10.1 Å². The van der Waals surface area contributed by atoms with Crippen LogP contribution in [0, 0.1) is 5.82 Å². The number of amides is 1. The fourth-order valence-electron chi connectivity index (χ4n) is 4.32. The van der Waals surface area contributed by atoms with E-state index in [0.717, 1.165) is 44.5 Å². The number of allylic oxidation sites excluding steroid dienone is 1. The Kier molecular flexibility index (Phi) is 9.52. The molecule has 0 fully saturated rings. The van der Waals surface area contributed by atoms with E-state index in [-0.39, 0.29) is 11.7 Å². The maximum atomic E-state index is 14.3. The molecule has 3 aromatic carbocycles. The van der Waals surface area contributed by atoms with Crippen LogP contribution in [0.5, 0.6) is 5.75 Å². The third kappa shape index (κ3) is 7.34. The van der Waals surface area contributed by atoms with Crippen LogP contribution in [0.15, 0.2) is 79.0 Å². The number of nitrogens with one attached hydrogen (secondary N) is 2. The first-order valence-corrected chi connectivity index (χ1v) is 13.2. The number of fused-ring (bicyclic) bond motifs is 1. The minimum Gasteiger partial charge on any atom is -0.492 e. The maximum Gasteiger partial charge on any atom is 0.245 e. The van der Waals surface area contributed by atoms with Crippen molar-refractivity contribution in [1.82, 2.24) is 20.4 Å². The van der Waals surface area contributed by atoms with Gasteiger partial charge in [0.25, 0.3) is 0 Å². The molecular formula is C31H32ClFN4O2. The van der Waals surface area contributed by atoms with Crippen molar-refractivity contribution in [2.45, 2.75) is 13.3 Å². The van der Waals surface area contributed by atoms with Gasteiger partial charge in [0.1, 0.15) is 18.2 Å². The standard InChI is InChI=1S/C31H32ClFN4O2/c1-4-28(23-17-25(32)19-26(33)18-23)31(22-9-12-29-24(16-22)20-35-36-29)21-7-10-27(11-8-21)39-15-14-34-13-5-6-30(38)37(2)3/h5-12,16-20,34H,4,13-15H2,1-3H3,(H,35,36)/b6-5+,31-28+. The molecule has 0 aliphatic rings. The van der Waals surface area contributed by atoms with Gasteiger partial charge in [0.2, 0.25) is 5.91 Å². The number of halogens is 2. The van der Waals surface area contributed by atoms with Gasteiger partial charge >= 0.3 is 0 Å². The molecule has 0 aliphatic carbocycles. The quantitative estimate of drug-likeness (QED) is 0.131. The Labute approximate surface area is 233 Å². The summed E-state index contributed by atoms with van der Waals surface area (Å²) in [5.74, 6) is 0.332. The van der Waals surface area contributed by atoms with Gasteiger partial charge in [-0.05, 0) is 76.7 Å². The van der Waals surface area contributed by atoms with E-state index < -0.39 is 0 Å². The lowest BCUT2D eigenvalue weighted by molar-refractivity contribution is -0.123. The van der Waals surface area contributed by atoms with Crippen molar-refractivity contribution < 1.29 is 13.9 Å². The molecule has 2 N–H and O–H groups in total. The lowest BCUT2D eigenvalue weighted by atomic mass is 9.88. The Bertz CT molecular complexity index is 1470. The summed E-state index contributed by atoms with van der Waals surface area (Å²) in [7, 11) is 3.44. The van der Waals surface area contributed by atoms with Crippen LogP contribution in [0.3, 0.4) is 0 Å². The van der Waals surface area contributed by atoms with Crippen LogP contribution in [0.1, 0.15) is 30.0 Å². The van der Waals surface area contributed by atoms with Gasteiger partial charge in [0, 0.05) is 43.7 Å². The molecule has 0 bridgehead atoms. The van der Waals surface area contributed by atoms with Crippen LogP contribution in [-0.4, -0.2) is 54.8 Å². The van der Waals surface area contributed by atoms with E-state index in [1.807, 2.05) is 36.4 Å². The second-order valence-electron chi connectivity index (χ2n) is 9.25. The molecule has 0 radical (unpaired) electrons. The maximum absolute atomic E-state index is 14.3. The Morgan fingerprint density at radius 3 is 2.56 bits per heavy atom. The molecule has 0 spiro atoms. The number of ether oxygens (including phenoxy) is 1. The normalized spacial score (nSPS) is 12.1. The van der Waals surface area contributed by atoms with E-state index >= 15 is 0 Å². The number of hydrogen-bond acceptors (Lipinski definition) is 4. The summed E-state index contributed by atoms with van der Waals surface area (Å²) in [4.78, 5) is 13.1. The number of carbonyl (C=O) groups is 1. The van der Waals surface area contributed by atoms with Gasteiger partial charge in [-0.1, -0.05) is 42.8 Å². The summed E-state index contributed by atoms with van der Waals surface area (Å²) in [5, 5.41) is 11.7. The average Bonchev–Trinajstić information content (AvgIpc) is 3.39. The zero-order valence-electron chi connectivity index (χ0n) is 22.3. The zero-order chi connectivity index (χ0) is 27.8. The molecule has 0 unspecified atom stereocenters. The van der Waals surface area contributed by atoms with E-state index in [1.54, 1.807) is 38.5 Å². The molecule has 1 aromatic heterocycles. The lowest BCUT2D eigenvalue weighted by Gasteiger charge is -2.17. The molecule has 4 aromatic rings. The first-order valence-electron chi connectivity index (χ1n) is 12.8. The van der Waals surface area contributed by atoms with Gasteiger partial charge in [-0.2, -0.15) is 5.10 Å². The highest BCUT2D eigenvalue weighted by Crippen LogP contribution is 2.37. The first kappa shape index (κ1) is 28.1. The molecule has 4 rings (SSSR count). The van der Waals surface area contributed by atoms with E-state index in [1.165, 1.54) is 17.0 Å². The third-order valence-electron chi connectivity index (χ3n) is 6.25. The molecule has 1 amide bonds. The molecule has 0 atom stereocenters. The van der Waals surface area contributed by atoms with Crippen LogP contribution >= 0.6 is 11.6 Å². The molecule has 202 valence electrons. The second kappa shape index (κ2) is 13.2. The summed E-state index contributed by atoms with van der Waals surface area (Å²) in [5.41, 5.74) is 5.66. The number of rotatable bonds is 11. The number of nitrogens with zero attached hydrogens (tertiary/aromatic N) is 2. The summed E-state index contributed by atoms with van der Waals surface area (Å²) >= 11 is 6.23. The van der Waals surface area contributed by atoms with Crippen LogP contribution in [-0.2, 0) is 4.79 Å². The van der Waals surface area contributed by atoms with Crippen molar-refractivity contribution in [3.63, 3.8) is 0 Å². The Morgan fingerprint density at radius 1 is 1.08 bits per heavy atom. The topological polar surface area (TPSA) is 70.2 Å². The molecule has 6 nitrogen and oxygen atoms in total. The fourth-order valence-corrected chi connectivity index (χ4v) is 4.54. The number of aromatic amines is 1. The predicted octanol–water partition coefficient (Wildman–Crippen LogP) is 6.34. The van der Waals surface area contributed by atoms with Crippen molar-refractivity contribution >= 4 is 39.6 Å². The number of likely N-dealkylation sites (N-methyl/N-ethyl adjacent to an activating group) is 1. The van der Waals surface area contributed by atoms with Crippen molar-refractivity contribution in [2.75, 3.05) is 33.8 Å². The predicted molar refractivity (Wildman–Crippen MR) is 156 cm³/mol. The van der Waals surface area contributed by atoms with E-state index in [4.69, 9.17) is 16.3 Å². The van der Waals surface area contributed by atoms with Crippen LogP contribution in [0.2, 0.25) is 5.02 Å². The lowest BCUT2D eigenvalue weighted by Crippen LogP contribution is -2.22. The summed E-state index contributed by atoms with van der Waals surface area (Å²) in [6, 6.07) is 18.7. The second-order valence-corrected chi connectivity index (χ2v) is 9.69. The smallest absolute Gasteiger partial charge is 0.245 e. The fraction of sp³-hybridized carbons (Fsp3) is 0.226. The molecule has 1 heterocycles. The largest absolute Gasteiger partial charge is 0.492 e. The summed E-state index contributed by atoms with van der Waals surface area (Å²) in [6.07, 6.45) is 5.81. The average molecular weight is 547 g/mol. The van der Waals surface area contributed by atoms with Gasteiger partial charge in [-0.3, -0.25) is 9.89 Å². The van der Waals surface area contributed by atoms with Crippen molar-refractivity contribution in [3.8, 4) is 5.75 Å². The number of benzene rings is 3. The van der Waals surface area contributed by atoms with Crippen LogP contribution in [0.4, 0.5) is 4.39 Å².